The topological polar surface area (TPSA) is 88.1 Å². The summed E-state index contributed by atoms with van der Waals surface area (Å²) in [4.78, 5) is 15.0. The molecule has 0 bridgehead atoms. The van der Waals surface area contributed by atoms with E-state index in [1.54, 1.807) is 12.4 Å². The van der Waals surface area contributed by atoms with E-state index < -0.39 is 0 Å². The van der Waals surface area contributed by atoms with Crippen molar-refractivity contribution in [2.75, 3.05) is 0 Å². The van der Waals surface area contributed by atoms with Crippen molar-refractivity contribution >= 4 is 22.1 Å². The summed E-state index contributed by atoms with van der Waals surface area (Å²) < 4.78 is 1.87. The fourth-order valence-electron chi connectivity index (χ4n) is 3.15. The minimum Gasteiger partial charge on any atom is -0.346 e. The van der Waals surface area contributed by atoms with Crippen LogP contribution in [0.15, 0.2) is 55.2 Å². The molecule has 0 saturated carbocycles. The van der Waals surface area contributed by atoms with Crippen LogP contribution >= 0.6 is 0 Å². The second kappa shape index (κ2) is 5.55. The van der Waals surface area contributed by atoms with Crippen LogP contribution in [0.4, 0.5) is 0 Å². The normalized spacial score (nSPS) is 11.5. The maximum Gasteiger partial charge on any atom is 0.137 e. The van der Waals surface area contributed by atoms with Crippen LogP contribution in [0, 0.1) is 0 Å². The molecule has 0 aliphatic heterocycles. The number of aromatic nitrogens is 7. The number of rotatable bonds is 4. The Bertz CT molecular complexity index is 1160. The molecule has 0 aromatic carbocycles. The first-order chi connectivity index (χ1) is 12.4. The third kappa shape index (κ3) is 2.37. The Kier molecular flexibility index (Phi) is 3.09. The molecule has 122 valence electrons. The number of aryl methyl sites for hydroxylation is 2. The van der Waals surface area contributed by atoms with Crippen molar-refractivity contribution in [3.8, 4) is 11.3 Å². The second-order valence-corrected chi connectivity index (χ2v) is 5.93. The van der Waals surface area contributed by atoms with Gasteiger partial charge in [0.05, 0.1) is 6.20 Å². The van der Waals surface area contributed by atoms with E-state index in [4.69, 9.17) is 0 Å². The molecule has 5 rings (SSSR count). The summed E-state index contributed by atoms with van der Waals surface area (Å²) in [5.74, 6) is 0. The SMILES string of the molecule is c1cnc2[nH]cc(CCn3cc(-c4c[nH]c5ncccc45)nn3)c2c1. The third-order valence-corrected chi connectivity index (χ3v) is 4.41. The first-order valence-electron chi connectivity index (χ1n) is 8.12. The van der Waals surface area contributed by atoms with Crippen LogP contribution in [0.1, 0.15) is 5.56 Å². The molecule has 5 aromatic rings. The number of nitrogens with zero attached hydrogens (tertiary/aromatic N) is 5. The summed E-state index contributed by atoms with van der Waals surface area (Å²) >= 11 is 0. The smallest absolute Gasteiger partial charge is 0.137 e. The lowest BCUT2D eigenvalue weighted by molar-refractivity contribution is 0.590. The van der Waals surface area contributed by atoms with Crippen molar-refractivity contribution < 1.29 is 0 Å². The molecule has 2 N–H and O–H groups in total. The van der Waals surface area contributed by atoms with Gasteiger partial charge in [0.15, 0.2) is 0 Å². The first kappa shape index (κ1) is 13.9. The van der Waals surface area contributed by atoms with Gasteiger partial charge in [0.25, 0.3) is 0 Å². The Morgan fingerprint density at radius 2 is 1.68 bits per heavy atom. The van der Waals surface area contributed by atoms with Gasteiger partial charge in [0.1, 0.15) is 17.0 Å². The van der Waals surface area contributed by atoms with E-state index in [0.29, 0.717) is 0 Å². The molecule has 0 aliphatic rings. The Hall–Kier alpha value is -3.48. The standard InChI is InChI=1S/C18H15N7/c1-3-13-12(9-21-17(13)19-6-1)5-8-25-11-16(23-24-25)15-10-22-18-14(15)4-2-7-20-18/h1-4,6-7,9-11H,5,8H2,(H,19,21)(H,20,22). The lowest BCUT2D eigenvalue weighted by atomic mass is 10.1. The van der Waals surface area contributed by atoms with E-state index in [2.05, 4.69) is 36.3 Å². The Balaban J connectivity index is 1.40. The van der Waals surface area contributed by atoms with Crippen LogP contribution in [0.3, 0.4) is 0 Å². The fourth-order valence-corrected chi connectivity index (χ4v) is 3.15. The predicted molar refractivity (Wildman–Crippen MR) is 94.9 cm³/mol. The van der Waals surface area contributed by atoms with Crippen molar-refractivity contribution in [3.63, 3.8) is 0 Å². The van der Waals surface area contributed by atoms with Gasteiger partial charge >= 0.3 is 0 Å². The number of fused-ring (bicyclic) bond motifs is 2. The molecule has 5 heterocycles. The summed E-state index contributed by atoms with van der Waals surface area (Å²) in [6.45, 7) is 0.759. The van der Waals surface area contributed by atoms with E-state index in [1.807, 2.05) is 41.5 Å². The molecule has 0 spiro atoms. The maximum absolute atomic E-state index is 4.32. The van der Waals surface area contributed by atoms with Gasteiger partial charge in [-0.15, -0.1) is 5.10 Å². The van der Waals surface area contributed by atoms with Gasteiger partial charge in [-0.2, -0.15) is 0 Å². The van der Waals surface area contributed by atoms with Crippen molar-refractivity contribution in [2.24, 2.45) is 0 Å². The van der Waals surface area contributed by atoms with Crippen LogP contribution in [-0.2, 0) is 13.0 Å². The summed E-state index contributed by atoms with van der Waals surface area (Å²) in [5.41, 5.74) is 4.88. The van der Waals surface area contributed by atoms with E-state index in [1.165, 1.54) is 5.56 Å². The largest absolute Gasteiger partial charge is 0.346 e. The Morgan fingerprint density at radius 1 is 0.920 bits per heavy atom. The van der Waals surface area contributed by atoms with Crippen molar-refractivity contribution in [2.45, 2.75) is 13.0 Å². The molecule has 7 nitrogen and oxygen atoms in total. The van der Waals surface area contributed by atoms with E-state index >= 15 is 0 Å². The van der Waals surface area contributed by atoms with Crippen LogP contribution in [-0.4, -0.2) is 34.9 Å². The monoisotopic (exact) mass is 329 g/mol. The van der Waals surface area contributed by atoms with E-state index in [9.17, 15) is 0 Å². The minimum absolute atomic E-state index is 0.759. The maximum atomic E-state index is 4.32. The average Bonchev–Trinajstić information content (AvgIpc) is 3.37. The summed E-state index contributed by atoms with van der Waals surface area (Å²) in [6.07, 6.45) is 10.3. The molecule has 0 fully saturated rings. The number of nitrogens with one attached hydrogen (secondary N) is 2. The van der Waals surface area contributed by atoms with Crippen LogP contribution in [0.5, 0.6) is 0 Å². The van der Waals surface area contributed by atoms with Crippen molar-refractivity contribution in [3.05, 3.63) is 60.8 Å². The zero-order chi connectivity index (χ0) is 16.6. The predicted octanol–water partition coefficient (Wildman–Crippen LogP) is 2.94. The van der Waals surface area contributed by atoms with Crippen molar-refractivity contribution in [1.82, 2.24) is 34.9 Å². The summed E-state index contributed by atoms with van der Waals surface area (Å²) in [7, 11) is 0. The molecule has 0 aliphatic carbocycles. The molecule has 0 radical (unpaired) electrons. The van der Waals surface area contributed by atoms with Crippen molar-refractivity contribution in [1.29, 1.82) is 0 Å². The van der Waals surface area contributed by atoms with E-state index in [-0.39, 0.29) is 0 Å². The lowest BCUT2D eigenvalue weighted by Gasteiger charge is -1.99. The molecule has 0 unspecified atom stereocenters. The highest BCUT2D eigenvalue weighted by molar-refractivity contribution is 5.92. The molecule has 5 aromatic heterocycles. The average molecular weight is 329 g/mol. The van der Waals surface area contributed by atoms with Gasteiger partial charge in [-0.25, -0.2) is 9.97 Å². The second-order valence-electron chi connectivity index (χ2n) is 5.93. The van der Waals surface area contributed by atoms with Gasteiger partial charge in [0.2, 0.25) is 0 Å². The number of hydrogen-bond donors (Lipinski definition) is 2. The highest BCUT2D eigenvalue weighted by Crippen LogP contribution is 2.25. The highest BCUT2D eigenvalue weighted by Gasteiger charge is 2.11. The quantitative estimate of drug-likeness (QED) is 0.530. The van der Waals surface area contributed by atoms with Gasteiger partial charge in [-0.05, 0) is 36.2 Å². The molecule has 25 heavy (non-hydrogen) atoms. The zero-order valence-corrected chi connectivity index (χ0v) is 13.3. The molecular formula is C18H15N7. The summed E-state index contributed by atoms with van der Waals surface area (Å²) in [6, 6.07) is 8.00. The number of hydrogen-bond acceptors (Lipinski definition) is 4. The van der Waals surface area contributed by atoms with Crippen LogP contribution in [0.2, 0.25) is 0 Å². The minimum atomic E-state index is 0.759. The third-order valence-electron chi connectivity index (χ3n) is 4.41. The first-order valence-corrected chi connectivity index (χ1v) is 8.12. The molecule has 7 heteroatoms. The molecule has 0 amide bonds. The van der Waals surface area contributed by atoms with E-state index in [0.717, 1.165) is 46.3 Å². The van der Waals surface area contributed by atoms with Crippen LogP contribution in [0.25, 0.3) is 33.3 Å². The molecule has 0 atom stereocenters. The number of pyridine rings is 2. The Labute approximate surface area is 142 Å². The van der Waals surface area contributed by atoms with Gasteiger partial charge < -0.3 is 9.97 Å². The number of aromatic amines is 2. The lowest BCUT2D eigenvalue weighted by Crippen LogP contribution is -2.01. The molecular weight excluding hydrogens is 314 g/mol. The van der Waals surface area contributed by atoms with Gasteiger partial charge in [0, 0.05) is 47.7 Å². The molecule has 0 saturated heterocycles. The summed E-state index contributed by atoms with van der Waals surface area (Å²) in [5, 5.41) is 10.8. The fraction of sp³-hybridized carbons (Fsp3) is 0.111. The van der Waals surface area contributed by atoms with Gasteiger partial charge in [-0.3, -0.25) is 4.68 Å². The van der Waals surface area contributed by atoms with Gasteiger partial charge in [-0.1, -0.05) is 5.21 Å². The Morgan fingerprint density at radius 3 is 2.56 bits per heavy atom. The van der Waals surface area contributed by atoms with Crippen LogP contribution < -0.4 is 0 Å². The zero-order valence-electron chi connectivity index (χ0n) is 13.3. The highest BCUT2D eigenvalue weighted by atomic mass is 15.4. The number of H-pyrrole nitrogens is 2.